The molecule has 354 valence electrons. The van der Waals surface area contributed by atoms with Crippen LogP contribution >= 0.6 is 0 Å². The minimum absolute atomic E-state index is 0.109. The minimum atomic E-state index is -0.109. The van der Waals surface area contributed by atoms with E-state index in [2.05, 4.69) is 245 Å². The molecule has 0 unspecified atom stereocenters. The standard InChI is InChI=1S/C65H64N6/c1-62(2,3)46-33-44(34-47(38-46)63(4,5)6)59-68-58(69-60(70-59)45-35-48(64(7,8)9)39-49(36-45)65(10,11)12)43-31-32-57(71-55-29-21-19-27-50(55)51-28-20-22-30-56(51)71)52(37-43)61-66-53(41-23-15-13-16-24-41)40-54(67-61)42-25-17-14-18-26-42/h13-40H,1-12H3. The maximum Gasteiger partial charge on any atom is 0.164 e. The Kier molecular flexibility index (Phi) is 11.7. The van der Waals surface area contributed by atoms with Crippen LogP contribution in [0.4, 0.5) is 0 Å². The van der Waals surface area contributed by atoms with Crippen LogP contribution in [0.3, 0.4) is 0 Å². The number of hydrogen-bond donors (Lipinski definition) is 0. The van der Waals surface area contributed by atoms with E-state index in [0.717, 1.165) is 61.5 Å². The Morgan fingerprint density at radius 3 is 1.06 bits per heavy atom. The van der Waals surface area contributed by atoms with Gasteiger partial charge in [-0.1, -0.05) is 192 Å². The van der Waals surface area contributed by atoms with Crippen molar-refractivity contribution < 1.29 is 0 Å². The quantitative estimate of drug-likeness (QED) is 0.159. The zero-order valence-electron chi connectivity index (χ0n) is 43.3. The van der Waals surface area contributed by atoms with E-state index >= 15 is 0 Å². The van der Waals surface area contributed by atoms with E-state index in [4.69, 9.17) is 24.9 Å². The average molecular weight is 929 g/mol. The molecule has 10 rings (SSSR count). The summed E-state index contributed by atoms with van der Waals surface area (Å²) in [7, 11) is 0. The molecular weight excluding hydrogens is 865 g/mol. The van der Waals surface area contributed by atoms with Crippen molar-refractivity contribution in [1.29, 1.82) is 0 Å². The molecule has 0 aliphatic carbocycles. The van der Waals surface area contributed by atoms with E-state index in [1.807, 2.05) is 12.1 Å². The number of rotatable bonds is 7. The van der Waals surface area contributed by atoms with Gasteiger partial charge in [-0.3, -0.25) is 0 Å². The molecule has 0 aliphatic heterocycles. The van der Waals surface area contributed by atoms with Crippen LogP contribution in [0, 0.1) is 0 Å². The molecule has 6 nitrogen and oxygen atoms in total. The van der Waals surface area contributed by atoms with Crippen LogP contribution in [-0.4, -0.2) is 29.5 Å². The predicted molar refractivity (Wildman–Crippen MR) is 297 cm³/mol. The van der Waals surface area contributed by atoms with Crippen LogP contribution in [0.25, 0.3) is 95.6 Å². The summed E-state index contributed by atoms with van der Waals surface area (Å²) in [6.45, 7) is 27.3. The van der Waals surface area contributed by atoms with E-state index in [9.17, 15) is 0 Å². The molecule has 10 aromatic rings. The van der Waals surface area contributed by atoms with Crippen molar-refractivity contribution in [3.05, 3.63) is 192 Å². The third-order valence-electron chi connectivity index (χ3n) is 13.7. The van der Waals surface area contributed by atoms with Crippen molar-refractivity contribution in [2.75, 3.05) is 0 Å². The normalized spacial score (nSPS) is 12.5. The van der Waals surface area contributed by atoms with Crippen molar-refractivity contribution in [3.63, 3.8) is 0 Å². The van der Waals surface area contributed by atoms with Crippen LogP contribution in [0.5, 0.6) is 0 Å². The van der Waals surface area contributed by atoms with Gasteiger partial charge in [-0.05, 0) is 105 Å². The van der Waals surface area contributed by atoms with E-state index in [1.54, 1.807) is 0 Å². The molecule has 3 heterocycles. The van der Waals surface area contributed by atoms with Gasteiger partial charge in [0.25, 0.3) is 0 Å². The Balaban J connectivity index is 1.29. The topological polar surface area (TPSA) is 69.4 Å². The first-order valence-electron chi connectivity index (χ1n) is 24.9. The van der Waals surface area contributed by atoms with Crippen LogP contribution in [0.15, 0.2) is 170 Å². The number of hydrogen-bond acceptors (Lipinski definition) is 5. The lowest BCUT2D eigenvalue weighted by Gasteiger charge is -2.26. The summed E-state index contributed by atoms with van der Waals surface area (Å²) in [5.74, 6) is 2.42. The molecule has 0 aliphatic rings. The molecule has 0 bridgehead atoms. The largest absolute Gasteiger partial charge is 0.309 e. The van der Waals surface area contributed by atoms with Gasteiger partial charge in [-0.2, -0.15) is 0 Å². The second-order valence-corrected chi connectivity index (χ2v) is 23.2. The summed E-state index contributed by atoms with van der Waals surface area (Å²) in [5, 5.41) is 2.35. The summed E-state index contributed by atoms with van der Waals surface area (Å²) in [4.78, 5) is 27.3. The molecule has 0 saturated carbocycles. The Labute approximate surface area is 420 Å². The van der Waals surface area contributed by atoms with E-state index in [1.165, 1.54) is 33.0 Å². The smallest absolute Gasteiger partial charge is 0.164 e. The first-order chi connectivity index (χ1) is 33.7. The number of para-hydroxylation sites is 2. The summed E-state index contributed by atoms with van der Waals surface area (Å²) >= 11 is 0. The second kappa shape index (κ2) is 17.7. The SMILES string of the molecule is CC(C)(C)c1cc(-c2nc(-c3cc(C(C)(C)C)cc(C(C)(C)C)c3)nc(-c3ccc(-n4c5ccccc5c5ccccc54)c(-c4nc(-c5ccccc5)cc(-c5ccccc5)n4)c3)n2)cc(C(C)(C)C)c1. The van der Waals surface area contributed by atoms with Crippen molar-refractivity contribution in [2.24, 2.45) is 0 Å². The maximum atomic E-state index is 5.48. The van der Waals surface area contributed by atoms with Crippen LogP contribution in [-0.2, 0) is 21.7 Å². The predicted octanol–water partition coefficient (Wildman–Crippen LogP) is 17.0. The fourth-order valence-electron chi connectivity index (χ4n) is 9.32. The van der Waals surface area contributed by atoms with Crippen molar-refractivity contribution in [2.45, 2.75) is 105 Å². The molecule has 0 radical (unpaired) electrons. The van der Waals surface area contributed by atoms with Crippen LogP contribution in [0.1, 0.15) is 105 Å². The van der Waals surface area contributed by atoms with Crippen molar-refractivity contribution in [1.82, 2.24) is 29.5 Å². The molecule has 0 spiro atoms. The Hall–Kier alpha value is -7.57. The van der Waals surface area contributed by atoms with Gasteiger partial charge in [0.1, 0.15) is 0 Å². The first-order valence-corrected chi connectivity index (χ1v) is 24.9. The molecule has 0 amide bonds. The molecule has 0 saturated heterocycles. The highest BCUT2D eigenvalue weighted by molar-refractivity contribution is 6.09. The van der Waals surface area contributed by atoms with Gasteiger partial charge < -0.3 is 4.57 Å². The van der Waals surface area contributed by atoms with Gasteiger partial charge in [0.2, 0.25) is 0 Å². The number of benzene rings is 7. The summed E-state index contributed by atoms with van der Waals surface area (Å²) in [6, 6.07) is 60.4. The first kappa shape index (κ1) is 47.1. The lowest BCUT2D eigenvalue weighted by atomic mass is 9.79. The van der Waals surface area contributed by atoms with Gasteiger partial charge in [-0.15, -0.1) is 0 Å². The fourth-order valence-corrected chi connectivity index (χ4v) is 9.32. The molecule has 7 aromatic carbocycles. The maximum absolute atomic E-state index is 5.48. The minimum Gasteiger partial charge on any atom is -0.309 e. The number of nitrogens with zero attached hydrogens (tertiary/aromatic N) is 6. The molecule has 71 heavy (non-hydrogen) atoms. The molecule has 6 heteroatoms. The highest BCUT2D eigenvalue weighted by atomic mass is 15.0. The van der Waals surface area contributed by atoms with Gasteiger partial charge in [-0.25, -0.2) is 24.9 Å². The van der Waals surface area contributed by atoms with E-state index in [0.29, 0.717) is 23.3 Å². The molecular formula is C65H64N6. The van der Waals surface area contributed by atoms with E-state index < -0.39 is 0 Å². The zero-order valence-corrected chi connectivity index (χ0v) is 43.3. The molecule has 0 N–H and O–H groups in total. The zero-order chi connectivity index (χ0) is 50.0. The third kappa shape index (κ3) is 9.44. The van der Waals surface area contributed by atoms with Gasteiger partial charge in [0.15, 0.2) is 23.3 Å². The second-order valence-electron chi connectivity index (χ2n) is 23.2. The number of aromatic nitrogens is 6. The molecule has 0 fully saturated rings. The summed E-state index contributed by atoms with van der Waals surface area (Å²) < 4.78 is 2.35. The summed E-state index contributed by atoms with van der Waals surface area (Å²) in [6.07, 6.45) is 0. The highest BCUT2D eigenvalue weighted by Crippen LogP contribution is 2.41. The lowest BCUT2D eigenvalue weighted by molar-refractivity contribution is 0.568. The van der Waals surface area contributed by atoms with Gasteiger partial charge in [0.05, 0.1) is 28.1 Å². The van der Waals surface area contributed by atoms with Crippen LogP contribution < -0.4 is 0 Å². The Morgan fingerprint density at radius 1 is 0.296 bits per heavy atom. The van der Waals surface area contributed by atoms with E-state index in [-0.39, 0.29) is 21.7 Å². The summed E-state index contributed by atoms with van der Waals surface area (Å²) in [5.41, 5.74) is 14.9. The lowest BCUT2D eigenvalue weighted by Crippen LogP contribution is -2.17. The number of fused-ring (bicyclic) bond motifs is 3. The average Bonchev–Trinajstić information content (AvgIpc) is 3.69. The third-order valence-corrected chi connectivity index (χ3v) is 13.7. The van der Waals surface area contributed by atoms with Crippen molar-refractivity contribution >= 4 is 21.8 Å². The Bertz CT molecular complexity index is 3340. The monoisotopic (exact) mass is 929 g/mol. The van der Waals surface area contributed by atoms with Crippen LogP contribution in [0.2, 0.25) is 0 Å². The Morgan fingerprint density at radius 2 is 0.662 bits per heavy atom. The molecule has 0 atom stereocenters. The van der Waals surface area contributed by atoms with Crippen molar-refractivity contribution in [3.8, 4) is 73.8 Å². The van der Waals surface area contributed by atoms with Gasteiger partial charge in [0, 0.05) is 44.2 Å². The fraction of sp³-hybridized carbons (Fsp3) is 0.246. The van der Waals surface area contributed by atoms with Gasteiger partial charge >= 0.3 is 0 Å². The molecule has 3 aromatic heterocycles. The highest BCUT2D eigenvalue weighted by Gasteiger charge is 2.26.